The molecule has 4 aliphatic rings. The normalized spacial score (nSPS) is 36.8. The van der Waals surface area contributed by atoms with Crippen LogP contribution in [-0.4, -0.2) is 83.3 Å². The molecule has 0 unspecified atom stereocenters. The molecule has 39 heavy (non-hydrogen) atoms. The van der Waals surface area contributed by atoms with Crippen LogP contribution in [0, 0.1) is 11.8 Å². The maximum atomic E-state index is 13.4. The number of likely N-dealkylation sites (tertiary alicyclic amines) is 1. The van der Waals surface area contributed by atoms with Gasteiger partial charge in [0.1, 0.15) is 23.4 Å². The lowest BCUT2D eigenvalue weighted by molar-refractivity contribution is -0.172. The highest BCUT2D eigenvalue weighted by Gasteiger charge is 2.72. The Morgan fingerprint density at radius 2 is 2.08 bits per heavy atom. The van der Waals surface area contributed by atoms with Gasteiger partial charge in [-0.15, -0.1) is 0 Å². The van der Waals surface area contributed by atoms with Crippen LogP contribution in [-0.2, 0) is 30.3 Å². The average Bonchev–Trinajstić information content (AvgIpc) is 3.67. The maximum Gasteiger partial charge on any atom is 0.306 e. The van der Waals surface area contributed by atoms with Gasteiger partial charge in [-0.3, -0.25) is 4.79 Å². The molecule has 8 atom stereocenters. The van der Waals surface area contributed by atoms with E-state index in [0.29, 0.717) is 12.5 Å². The average molecular weight is 544 g/mol. The van der Waals surface area contributed by atoms with Crippen LogP contribution in [0.1, 0.15) is 84.8 Å². The number of aromatic nitrogens is 2. The second-order valence-corrected chi connectivity index (χ2v) is 13.2. The van der Waals surface area contributed by atoms with Crippen LogP contribution >= 0.6 is 0 Å². The molecule has 0 bridgehead atoms. The molecule has 0 radical (unpaired) electrons. The summed E-state index contributed by atoms with van der Waals surface area (Å²) >= 11 is 0. The number of ether oxygens (including phenoxy) is 4. The van der Waals surface area contributed by atoms with Crippen LogP contribution in [0.15, 0.2) is 24.2 Å². The lowest BCUT2D eigenvalue weighted by Gasteiger charge is -2.42. The van der Waals surface area contributed by atoms with Gasteiger partial charge >= 0.3 is 5.97 Å². The summed E-state index contributed by atoms with van der Waals surface area (Å²) in [5.74, 6) is 0.129. The van der Waals surface area contributed by atoms with Crippen molar-refractivity contribution in [1.82, 2.24) is 14.5 Å². The highest BCUT2D eigenvalue weighted by Crippen LogP contribution is 2.59. The highest BCUT2D eigenvalue weighted by molar-refractivity contribution is 5.70. The molecule has 8 heteroatoms. The Balaban J connectivity index is 1.24. The Bertz CT molecular complexity index is 1040. The number of hydrogen-bond acceptors (Lipinski definition) is 7. The molecule has 3 saturated heterocycles. The molecule has 218 valence electrons. The maximum absolute atomic E-state index is 13.4. The topological polar surface area (TPSA) is 81.7 Å². The monoisotopic (exact) mass is 543 g/mol. The van der Waals surface area contributed by atoms with Gasteiger partial charge in [0.15, 0.2) is 0 Å². The van der Waals surface area contributed by atoms with Gasteiger partial charge in [0.2, 0.25) is 0 Å². The zero-order valence-corrected chi connectivity index (χ0v) is 25.0. The first-order valence-corrected chi connectivity index (χ1v) is 15.0. The molecule has 1 saturated carbocycles. The first-order valence-electron chi connectivity index (χ1n) is 15.0. The van der Waals surface area contributed by atoms with Crippen LogP contribution in [0.4, 0.5) is 0 Å². The molecule has 8 nitrogen and oxygen atoms in total. The summed E-state index contributed by atoms with van der Waals surface area (Å²) in [6.07, 6.45) is 11.1. The smallest absolute Gasteiger partial charge is 0.306 e. The molecule has 3 aliphatic heterocycles. The van der Waals surface area contributed by atoms with Gasteiger partial charge in [-0.1, -0.05) is 25.5 Å². The molecule has 1 aliphatic carbocycles. The van der Waals surface area contributed by atoms with E-state index >= 15 is 0 Å². The van der Waals surface area contributed by atoms with E-state index in [1.807, 2.05) is 6.33 Å². The van der Waals surface area contributed by atoms with Crippen LogP contribution in [0.5, 0.6) is 0 Å². The number of rotatable bonds is 11. The molecule has 1 spiro atoms. The number of hydrogen-bond donors (Lipinski definition) is 0. The Morgan fingerprint density at radius 3 is 2.69 bits per heavy atom. The number of epoxide rings is 2. The summed E-state index contributed by atoms with van der Waals surface area (Å²) in [4.78, 5) is 20.5. The number of carbonyl (C=O) groups is 1. The van der Waals surface area contributed by atoms with Crippen molar-refractivity contribution in [3.05, 3.63) is 29.9 Å². The quantitative estimate of drug-likeness (QED) is 0.227. The Labute approximate surface area is 234 Å². The predicted molar refractivity (Wildman–Crippen MR) is 149 cm³/mol. The third kappa shape index (κ3) is 5.99. The minimum Gasteiger partial charge on any atom is -0.460 e. The fourth-order valence-corrected chi connectivity index (χ4v) is 7.27. The van der Waals surface area contributed by atoms with Crippen LogP contribution in [0.3, 0.4) is 0 Å². The van der Waals surface area contributed by atoms with Crippen molar-refractivity contribution in [2.75, 3.05) is 27.3 Å². The number of esters is 1. The molecule has 0 N–H and O–H groups in total. The molecule has 4 heterocycles. The van der Waals surface area contributed by atoms with Crippen LogP contribution in [0.25, 0.3) is 0 Å². The van der Waals surface area contributed by atoms with E-state index in [0.717, 1.165) is 44.7 Å². The number of carbonyl (C=O) groups excluding carboxylic acids is 1. The highest BCUT2D eigenvalue weighted by atomic mass is 16.6. The molecular weight excluding hydrogens is 494 g/mol. The van der Waals surface area contributed by atoms with Crippen molar-refractivity contribution in [1.29, 1.82) is 0 Å². The van der Waals surface area contributed by atoms with E-state index in [1.165, 1.54) is 18.4 Å². The zero-order valence-electron chi connectivity index (χ0n) is 25.0. The van der Waals surface area contributed by atoms with E-state index < -0.39 is 0 Å². The second kappa shape index (κ2) is 11.3. The molecule has 5 rings (SSSR count). The van der Waals surface area contributed by atoms with Gasteiger partial charge in [-0.05, 0) is 72.4 Å². The van der Waals surface area contributed by atoms with Gasteiger partial charge in [-0.25, -0.2) is 4.98 Å². The lowest BCUT2D eigenvalue weighted by Crippen LogP contribution is -2.55. The fourth-order valence-electron chi connectivity index (χ4n) is 7.27. The number of likely N-dealkylation sites (N-methyl/N-ethyl adjacent to an activating group) is 1. The number of methoxy groups -OCH3 is 1. The Kier molecular flexibility index (Phi) is 8.31. The third-order valence-electron chi connectivity index (χ3n) is 9.84. The number of nitrogens with zero attached hydrogens (tertiary/aromatic N) is 3. The summed E-state index contributed by atoms with van der Waals surface area (Å²) in [7, 11) is 3.92. The van der Waals surface area contributed by atoms with E-state index in [4.69, 9.17) is 23.9 Å². The first-order chi connectivity index (χ1) is 18.6. The molecule has 0 amide bonds. The number of allylic oxidation sites excluding steroid dienone is 1. The number of imidazole rings is 1. The van der Waals surface area contributed by atoms with Crippen molar-refractivity contribution in [2.45, 2.75) is 121 Å². The minimum atomic E-state index is -0.338. The molecule has 1 aromatic heterocycles. The Hall–Kier alpha value is -1.74. The van der Waals surface area contributed by atoms with Crippen molar-refractivity contribution < 1.29 is 23.7 Å². The molecule has 0 aromatic carbocycles. The van der Waals surface area contributed by atoms with E-state index in [1.54, 1.807) is 7.11 Å². The molecule has 1 aromatic rings. The van der Waals surface area contributed by atoms with Crippen molar-refractivity contribution in [3.8, 4) is 0 Å². The molecule has 4 fully saturated rings. The fraction of sp³-hybridized carbons (Fsp3) is 0.806. The van der Waals surface area contributed by atoms with E-state index in [2.05, 4.69) is 63.4 Å². The standard InChI is InChI=1S/C31H49N3O5/c1-20(2)10-11-26-30(5,39-26)29-28(36-7)25(12-13-31(29)18-37-31)38-27(35)15-23(21(3)4)24-17-34(19-32-24)16-22-9-8-14-33(22)6/h10,17,19,21-23,25-26,28-29H,8-9,11-16,18H2,1-7H3/t22-,23+,25-,26-,28-,29-,30+,31+/m1/s1. The lowest BCUT2D eigenvalue weighted by atomic mass is 9.68. The summed E-state index contributed by atoms with van der Waals surface area (Å²) in [5, 5.41) is 0. The Morgan fingerprint density at radius 1 is 1.31 bits per heavy atom. The predicted octanol–water partition coefficient (Wildman–Crippen LogP) is 4.73. The molecular formula is C31H49N3O5. The van der Waals surface area contributed by atoms with Gasteiger partial charge in [-0.2, -0.15) is 0 Å². The van der Waals surface area contributed by atoms with Gasteiger partial charge in [0.25, 0.3) is 0 Å². The third-order valence-corrected chi connectivity index (χ3v) is 9.84. The van der Waals surface area contributed by atoms with Crippen molar-refractivity contribution in [2.24, 2.45) is 11.8 Å². The van der Waals surface area contributed by atoms with Crippen LogP contribution in [0.2, 0.25) is 0 Å². The summed E-state index contributed by atoms with van der Waals surface area (Å²) < 4.78 is 26.8. The largest absolute Gasteiger partial charge is 0.460 e. The van der Waals surface area contributed by atoms with Crippen molar-refractivity contribution in [3.63, 3.8) is 0 Å². The summed E-state index contributed by atoms with van der Waals surface area (Å²) in [6, 6.07) is 0.553. The first kappa shape index (κ1) is 28.8. The van der Waals surface area contributed by atoms with E-state index in [9.17, 15) is 4.79 Å². The second-order valence-electron chi connectivity index (χ2n) is 13.2. The van der Waals surface area contributed by atoms with Gasteiger partial charge in [0, 0.05) is 31.8 Å². The van der Waals surface area contributed by atoms with E-state index in [-0.39, 0.29) is 53.2 Å². The minimum absolute atomic E-state index is 0.0104. The van der Waals surface area contributed by atoms with Crippen LogP contribution < -0.4 is 0 Å². The van der Waals surface area contributed by atoms with Crippen molar-refractivity contribution >= 4 is 5.97 Å². The summed E-state index contributed by atoms with van der Waals surface area (Å²) in [5.41, 5.74) is 1.70. The van der Waals surface area contributed by atoms with Gasteiger partial charge < -0.3 is 28.4 Å². The SMILES string of the molecule is CO[C@@H]1[C@H](OC(=O)C[C@H](c2cn(C[C@H]3CCCN3C)cn2)C(C)C)CC[C@]2(CO2)[C@H]1[C@@]1(C)O[C@@H]1CC=C(C)C. The zero-order chi connectivity index (χ0) is 27.9. The summed E-state index contributed by atoms with van der Waals surface area (Å²) in [6.45, 7) is 13.5. The van der Waals surface area contributed by atoms with Gasteiger partial charge in [0.05, 0.1) is 37.1 Å².